The van der Waals surface area contributed by atoms with Gasteiger partial charge in [0.1, 0.15) is 12.4 Å². The Bertz CT molecular complexity index is 605. The second-order valence-corrected chi connectivity index (χ2v) is 5.32. The van der Waals surface area contributed by atoms with Gasteiger partial charge in [-0.3, -0.25) is 0 Å². The van der Waals surface area contributed by atoms with Gasteiger partial charge in [-0.05, 0) is 24.1 Å². The van der Waals surface area contributed by atoms with Crippen LogP contribution < -0.4 is 4.74 Å². The summed E-state index contributed by atoms with van der Waals surface area (Å²) in [5.74, 6) is 6.91. The average molecular weight is 286 g/mol. The number of para-hydroxylation sites is 1. The molecule has 0 radical (unpaired) electrons. The van der Waals surface area contributed by atoms with Gasteiger partial charge in [-0.1, -0.05) is 37.0 Å². The summed E-state index contributed by atoms with van der Waals surface area (Å²) < 4.78 is 5.88. The fourth-order valence-electron chi connectivity index (χ4n) is 1.83. The van der Waals surface area contributed by atoms with Crippen molar-refractivity contribution in [3.8, 4) is 17.6 Å². The summed E-state index contributed by atoms with van der Waals surface area (Å²) in [6.45, 7) is 2.81. The largest absolute Gasteiger partial charge is 0.488 e. The number of benzene rings is 1. The van der Waals surface area contributed by atoms with Crippen molar-refractivity contribution in [3.05, 3.63) is 51.7 Å². The second-order valence-electron chi connectivity index (χ2n) is 4.33. The molecule has 2 nitrogen and oxygen atoms in total. The standard InChI is InChI=1S/C17H18O2S/c1-2-15-8-3-4-9-17(15)19-12-16-11-14(13-20-16)7-5-6-10-18/h3-4,8-9,11,13,18H,2,6,10,12H2,1H3. The number of ether oxygens (including phenoxy) is 1. The Morgan fingerprint density at radius 2 is 2.15 bits per heavy atom. The van der Waals surface area contributed by atoms with Crippen LogP contribution in [-0.4, -0.2) is 11.7 Å². The van der Waals surface area contributed by atoms with Crippen molar-refractivity contribution < 1.29 is 9.84 Å². The lowest BCUT2D eigenvalue weighted by Gasteiger charge is -2.08. The SMILES string of the molecule is CCc1ccccc1OCc1cc(C#CCCO)cs1. The van der Waals surface area contributed by atoms with Gasteiger partial charge in [-0.25, -0.2) is 0 Å². The molecule has 104 valence electrons. The van der Waals surface area contributed by atoms with Crippen molar-refractivity contribution in [1.29, 1.82) is 0 Å². The van der Waals surface area contributed by atoms with E-state index in [9.17, 15) is 0 Å². The lowest BCUT2D eigenvalue weighted by molar-refractivity contribution is 0.305. The van der Waals surface area contributed by atoms with Crippen LogP contribution in [-0.2, 0) is 13.0 Å². The third-order valence-electron chi connectivity index (χ3n) is 2.85. The molecule has 1 aromatic carbocycles. The summed E-state index contributed by atoms with van der Waals surface area (Å²) in [4.78, 5) is 1.16. The predicted molar refractivity (Wildman–Crippen MR) is 83.1 cm³/mol. The highest BCUT2D eigenvalue weighted by Gasteiger charge is 2.03. The van der Waals surface area contributed by atoms with Gasteiger partial charge in [0.2, 0.25) is 0 Å². The summed E-state index contributed by atoms with van der Waals surface area (Å²) >= 11 is 1.65. The summed E-state index contributed by atoms with van der Waals surface area (Å²) in [6, 6.07) is 10.2. The van der Waals surface area contributed by atoms with Gasteiger partial charge in [-0.15, -0.1) is 11.3 Å². The smallest absolute Gasteiger partial charge is 0.123 e. The Balaban J connectivity index is 1.96. The number of aliphatic hydroxyl groups excluding tert-OH is 1. The Hall–Kier alpha value is -1.76. The molecule has 0 saturated carbocycles. The van der Waals surface area contributed by atoms with E-state index in [1.54, 1.807) is 11.3 Å². The van der Waals surface area contributed by atoms with Gasteiger partial charge in [0, 0.05) is 22.2 Å². The molecular weight excluding hydrogens is 268 g/mol. The van der Waals surface area contributed by atoms with Gasteiger partial charge in [0.15, 0.2) is 0 Å². The number of aryl methyl sites for hydroxylation is 1. The maximum absolute atomic E-state index is 8.69. The maximum atomic E-state index is 8.69. The predicted octanol–water partition coefficient (Wildman–Crippen LogP) is 3.62. The number of thiophene rings is 1. The minimum atomic E-state index is 0.112. The molecule has 2 rings (SSSR count). The highest BCUT2D eigenvalue weighted by molar-refractivity contribution is 7.10. The topological polar surface area (TPSA) is 29.5 Å². The molecule has 0 atom stereocenters. The molecule has 1 heterocycles. The molecule has 3 heteroatoms. The first-order valence-electron chi connectivity index (χ1n) is 6.71. The lowest BCUT2D eigenvalue weighted by atomic mass is 10.1. The number of hydrogen-bond donors (Lipinski definition) is 1. The molecule has 0 bridgehead atoms. The Kier molecular flexibility index (Phi) is 5.67. The van der Waals surface area contributed by atoms with Gasteiger partial charge in [-0.2, -0.15) is 0 Å². The number of aliphatic hydroxyl groups is 1. The average Bonchev–Trinajstić information content (AvgIpc) is 2.93. The van der Waals surface area contributed by atoms with Crippen LogP contribution in [0.2, 0.25) is 0 Å². The zero-order chi connectivity index (χ0) is 14.2. The first-order valence-corrected chi connectivity index (χ1v) is 7.59. The van der Waals surface area contributed by atoms with E-state index >= 15 is 0 Å². The van der Waals surface area contributed by atoms with Crippen LogP contribution in [0.1, 0.15) is 29.3 Å². The van der Waals surface area contributed by atoms with E-state index in [1.165, 1.54) is 5.56 Å². The fraction of sp³-hybridized carbons (Fsp3) is 0.294. The van der Waals surface area contributed by atoms with Crippen molar-refractivity contribution in [2.45, 2.75) is 26.4 Å². The van der Waals surface area contributed by atoms with Crippen LogP contribution in [0.5, 0.6) is 5.75 Å². The van der Waals surface area contributed by atoms with Crippen molar-refractivity contribution in [3.63, 3.8) is 0 Å². The Labute approximate surface area is 124 Å². The van der Waals surface area contributed by atoms with Crippen LogP contribution in [0, 0.1) is 11.8 Å². The molecule has 0 aliphatic heterocycles. The zero-order valence-corrected chi connectivity index (χ0v) is 12.4. The minimum Gasteiger partial charge on any atom is -0.488 e. The zero-order valence-electron chi connectivity index (χ0n) is 11.6. The summed E-state index contributed by atoms with van der Waals surface area (Å²) in [5.41, 5.74) is 2.22. The molecule has 20 heavy (non-hydrogen) atoms. The van der Waals surface area contributed by atoms with Crippen molar-refractivity contribution in [2.75, 3.05) is 6.61 Å². The van der Waals surface area contributed by atoms with Crippen LogP contribution in [0.15, 0.2) is 35.7 Å². The van der Waals surface area contributed by atoms with E-state index in [1.807, 2.05) is 29.6 Å². The summed E-state index contributed by atoms with van der Waals surface area (Å²) in [5, 5.41) is 10.7. The van der Waals surface area contributed by atoms with Crippen molar-refractivity contribution in [1.82, 2.24) is 0 Å². The fourth-order valence-corrected chi connectivity index (χ4v) is 2.56. The molecule has 0 fully saturated rings. The third-order valence-corrected chi connectivity index (χ3v) is 3.76. The number of rotatable bonds is 5. The normalized spacial score (nSPS) is 9.90. The van der Waals surface area contributed by atoms with Crippen molar-refractivity contribution >= 4 is 11.3 Å². The summed E-state index contributed by atoms with van der Waals surface area (Å²) in [7, 11) is 0. The van der Waals surface area contributed by atoms with Crippen molar-refractivity contribution in [2.24, 2.45) is 0 Å². The molecule has 0 unspecified atom stereocenters. The molecule has 0 saturated heterocycles. The quantitative estimate of drug-likeness (QED) is 0.851. The van der Waals surface area contributed by atoms with Gasteiger partial charge in [0.05, 0.1) is 6.61 Å². The molecule has 0 aliphatic rings. The summed E-state index contributed by atoms with van der Waals surface area (Å²) in [6.07, 6.45) is 1.49. The van der Waals surface area contributed by atoms with Gasteiger partial charge < -0.3 is 9.84 Å². The highest BCUT2D eigenvalue weighted by Crippen LogP contribution is 2.21. The number of hydrogen-bond acceptors (Lipinski definition) is 3. The van der Waals surface area contributed by atoms with E-state index in [2.05, 4.69) is 24.8 Å². The van der Waals surface area contributed by atoms with Gasteiger partial charge in [0.25, 0.3) is 0 Å². The molecule has 0 aliphatic carbocycles. The molecule has 0 amide bonds. The van der Waals surface area contributed by atoms with E-state index in [4.69, 9.17) is 9.84 Å². The van der Waals surface area contributed by atoms with Crippen LogP contribution in [0.3, 0.4) is 0 Å². The molecule has 1 aromatic heterocycles. The van der Waals surface area contributed by atoms with E-state index in [0.717, 1.165) is 22.6 Å². The molecule has 2 aromatic rings. The molecular formula is C17H18O2S. The molecule has 1 N–H and O–H groups in total. The van der Waals surface area contributed by atoms with E-state index in [-0.39, 0.29) is 6.61 Å². The van der Waals surface area contributed by atoms with E-state index < -0.39 is 0 Å². The maximum Gasteiger partial charge on any atom is 0.123 e. The first-order chi connectivity index (χ1) is 9.83. The van der Waals surface area contributed by atoms with Crippen LogP contribution in [0.25, 0.3) is 0 Å². The minimum absolute atomic E-state index is 0.112. The van der Waals surface area contributed by atoms with Crippen LogP contribution in [0.4, 0.5) is 0 Å². The first kappa shape index (κ1) is 14.6. The third kappa shape index (κ3) is 4.12. The lowest BCUT2D eigenvalue weighted by Crippen LogP contribution is -1.96. The second kappa shape index (κ2) is 7.74. The Morgan fingerprint density at radius 3 is 2.95 bits per heavy atom. The molecule has 0 spiro atoms. The van der Waals surface area contributed by atoms with Gasteiger partial charge >= 0.3 is 0 Å². The monoisotopic (exact) mass is 286 g/mol. The highest BCUT2D eigenvalue weighted by atomic mass is 32.1. The van der Waals surface area contributed by atoms with Crippen LogP contribution >= 0.6 is 11.3 Å². The Morgan fingerprint density at radius 1 is 1.30 bits per heavy atom. The van der Waals surface area contributed by atoms with E-state index in [0.29, 0.717) is 13.0 Å².